The average molecular weight is 409 g/mol. The molecule has 2 aromatic rings. The van der Waals surface area contributed by atoms with Gasteiger partial charge >= 0.3 is 6.03 Å². The SMILES string of the molecule is COC#CN1CCC(NC(=O)Nc2c(C)c(C3CC(O)C3)nn2-c2ccccc2)C1. The number of anilines is 1. The molecule has 1 aromatic carbocycles. The van der Waals surface area contributed by atoms with Crippen LogP contribution in [0.25, 0.3) is 5.69 Å². The molecule has 8 nitrogen and oxygen atoms in total. The Labute approximate surface area is 176 Å². The van der Waals surface area contributed by atoms with Crippen LogP contribution in [0.2, 0.25) is 0 Å². The summed E-state index contributed by atoms with van der Waals surface area (Å²) in [5, 5.41) is 20.5. The number of aliphatic hydroxyl groups is 1. The van der Waals surface area contributed by atoms with Crippen LogP contribution in [0.5, 0.6) is 0 Å². The van der Waals surface area contributed by atoms with E-state index in [1.165, 1.54) is 7.11 Å². The summed E-state index contributed by atoms with van der Waals surface area (Å²) >= 11 is 0. The number of carbonyl (C=O) groups is 1. The number of amides is 2. The number of methoxy groups -OCH3 is 1. The van der Waals surface area contributed by atoms with Crippen molar-refractivity contribution in [2.75, 3.05) is 25.5 Å². The molecule has 1 unspecified atom stereocenters. The van der Waals surface area contributed by atoms with Crippen molar-refractivity contribution in [2.24, 2.45) is 0 Å². The van der Waals surface area contributed by atoms with E-state index < -0.39 is 0 Å². The lowest BCUT2D eigenvalue weighted by molar-refractivity contribution is 0.0729. The Morgan fingerprint density at radius 1 is 1.30 bits per heavy atom. The number of para-hydroxylation sites is 1. The van der Waals surface area contributed by atoms with Crippen molar-refractivity contribution >= 4 is 11.8 Å². The number of aliphatic hydroxyl groups excluding tert-OH is 1. The summed E-state index contributed by atoms with van der Waals surface area (Å²) in [5.41, 5.74) is 2.75. The molecule has 1 aromatic heterocycles. The van der Waals surface area contributed by atoms with Crippen LogP contribution in [0, 0.1) is 19.1 Å². The standard InChI is InChI=1S/C22H27N5O3/c1-15-20(16-12-19(28)13-16)25-27(18-6-4-3-5-7-18)21(15)24-22(29)23-17-8-9-26(14-17)10-11-30-2/h3-7,16-17,19,28H,8-9,12-14H2,1-2H3,(H2,23,24,29). The molecule has 1 aliphatic heterocycles. The summed E-state index contributed by atoms with van der Waals surface area (Å²) in [6, 6.07) is 12.4. The molecule has 1 atom stereocenters. The van der Waals surface area contributed by atoms with Gasteiger partial charge < -0.3 is 20.1 Å². The first-order valence-corrected chi connectivity index (χ1v) is 10.2. The second kappa shape index (κ2) is 8.67. The van der Waals surface area contributed by atoms with Crippen LogP contribution in [0.1, 0.15) is 36.4 Å². The van der Waals surface area contributed by atoms with Crippen molar-refractivity contribution in [1.82, 2.24) is 20.0 Å². The molecule has 158 valence electrons. The number of ether oxygens (including phenoxy) is 1. The maximum atomic E-state index is 12.8. The van der Waals surface area contributed by atoms with Crippen LogP contribution in [-0.4, -0.2) is 58.2 Å². The molecule has 0 bridgehead atoms. The maximum absolute atomic E-state index is 12.8. The number of rotatable bonds is 4. The second-order valence-corrected chi connectivity index (χ2v) is 7.88. The molecule has 1 saturated carbocycles. The highest BCUT2D eigenvalue weighted by molar-refractivity contribution is 5.90. The van der Waals surface area contributed by atoms with Crippen LogP contribution in [0.4, 0.5) is 10.6 Å². The number of benzene rings is 1. The molecule has 2 heterocycles. The summed E-state index contributed by atoms with van der Waals surface area (Å²) in [5.74, 6) is 0.875. The number of carbonyl (C=O) groups excluding carboxylic acids is 1. The van der Waals surface area contributed by atoms with Crippen molar-refractivity contribution in [3.05, 3.63) is 41.6 Å². The fourth-order valence-corrected chi connectivity index (χ4v) is 4.03. The van der Waals surface area contributed by atoms with Gasteiger partial charge in [-0.1, -0.05) is 18.2 Å². The summed E-state index contributed by atoms with van der Waals surface area (Å²) in [7, 11) is 1.53. The first kappa shape index (κ1) is 20.1. The lowest BCUT2D eigenvalue weighted by atomic mass is 9.79. The van der Waals surface area contributed by atoms with Gasteiger partial charge in [-0.25, -0.2) is 9.48 Å². The van der Waals surface area contributed by atoms with Gasteiger partial charge in [0.15, 0.2) is 0 Å². The number of urea groups is 1. The van der Waals surface area contributed by atoms with Gasteiger partial charge in [0.2, 0.25) is 0 Å². The van der Waals surface area contributed by atoms with Gasteiger partial charge in [0.25, 0.3) is 0 Å². The third-order valence-corrected chi connectivity index (χ3v) is 5.72. The Morgan fingerprint density at radius 3 is 2.77 bits per heavy atom. The van der Waals surface area contributed by atoms with E-state index in [9.17, 15) is 9.90 Å². The number of aromatic nitrogens is 2. The van der Waals surface area contributed by atoms with Gasteiger partial charge in [-0.2, -0.15) is 5.10 Å². The molecule has 30 heavy (non-hydrogen) atoms. The van der Waals surface area contributed by atoms with Gasteiger partial charge in [0.1, 0.15) is 11.9 Å². The highest BCUT2D eigenvalue weighted by Crippen LogP contribution is 2.40. The Morgan fingerprint density at radius 2 is 2.07 bits per heavy atom. The summed E-state index contributed by atoms with van der Waals surface area (Å²) in [6.07, 6.45) is 4.56. The smallest absolute Gasteiger partial charge is 0.320 e. The predicted molar refractivity (Wildman–Crippen MR) is 113 cm³/mol. The van der Waals surface area contributed by atoms with Crippen molar-refractivity contribution < 1.29 is 14.6 Å². The fourth-order valence-electron chi connectivity index (χ4n) is 4.03. The van der Waals surface area contributed by atoms with E-state index in [0.717, 1.165) is 29.9 Å². The van der Waals surface area contributed by atoms with E-state index in [4.69, 9.17) is 9.84 Å². The van der Waals surface area contributed by atoms with E-state index >= 15 is 0 Å². The highest BCUT2D eigenvalue weighted by atomic mass is 16.5. The zero-order valence-electron chi connectivity index (χ0n) is 17.3. The van der Waals surface area contributed by atoms with Crippen LogP contribution in [-0.2, 0) is 4.74 Å². The molecule has 2 amide bonds. The minimum Gasteiger partial charge on any atom is -0.449 e. The molecule has 4 rings (SSSR count). The van der Waals surface area contributed by atoms with Crippen molar-refractivity contribution in [3.63, 3.8) is 0 Å². The Hall–Kier alpha value is -3.18. The van der Waals surface area contributed by atoms with Crippen LogP contribution < -0.4 is 10.6 Å². The van der Waals surface area contributed by atoms with E-state index in [-0.39, 0.29) is 24.1 Å². The van der Waals surface area contributed by atoms with Crippen LogP contribution in [0.15, 0.2) is 30.3 Å². The number of nitrogens with one attached hydrogen (secondary N) is 2. The molecule has 0 spiro atoms. The van der Waals surface area contributed by atoms with E-state index in [2.05, 4.69) is 22.8 Å². The molecular weight excluding hydrogens is 382 g/mol. The normalized spacial score (nSPS) is 22.6. The second-order valence-electron chi connectivity index (χ2n) is 7.88. The molecule has 1 saturated heterocycles. The molecule has 3 N–H and O–H groups in total. The van der Waals surface area contributed by atoms with Gasteiger partial charge in [0.05, 0.1) is 36.7 Å². The lowest BCUT2D eigenvalue weighted by Crippen LogP contribution is -2.39. The maximum Gasteiger partial charge on any atom is 0.320 e. The molecule has 8 heteroatoms. The summed E-state index contributed by atoms with van der Waals surface area (Å²) in [4.78, 5) is 14.7. The van der Waals surface area contributed by atoms with Crippen molar-refractivity contribution in [3.8, 4) is 17.8 Å². The largest absolute Gasteiger partial charge is 0.449 e. The summed E-state index contributed by atoms with van der Waals surface area (Å²) < 4.78 is 6.56. The molecule has 0 radical (unpaired) electrons. The van der Waals surface area contributed by atoms with Gasteiger partial charge in [-0.05, 0) is 38.3 Å². The van der Waals surface area contributed by atoms with E-state index in [1.54, 1.807) is 4.68 Å². The van der Waals surface area contributed by atoms with Crippen LogP contribution >= 0.6 is 0 Å². The Kier molecular flexibility index (Phi) is 5.81. The monoisotopic (exact) mass is 409 g/mol. The highest BCUT2D eigenvalue weighted by Gasteiger charge is 2.33. The van der Waals surface area contributed by atoms with Crippen LogP contribution in [0.3, 0.4) is 0 Å². The quantitative estimate of drug-likeness (QED) is 0.674. The third-order valence-electron chi connectivity index (χ3n) is 5.72. The number of hydrogen-bond acceptors (Lipinski definition) is 5. The number of nitrogens with zero attached hydrogens (tertiary/aromatic N) is 3. The van der Waals surface area contributed by atoms with E-state index in [0.29, 0.717) is 25.2 Å². The van der Waals surface area contributed by atoms with Crippen molar-refractivity contribution in [2.45, 2.75) is 44.2 Å². The zero-order chi connectivity index (χ0) is 21.1. The van der Waals surface area contributed by atoms with Crippen molar-refractivity contribution in [1.29, 1.82) is 0 Å². The van der Waals surface area contributed by atoms with Gasteiger partial charge in [-0.3, -0.25) is 5.32 Å². The first-order chi connectivity index (χ1) is 14.5. The predicted octanol–water partition coefficient (Wildman–Crippen LogP) is 2.18. The zero-order valence-corrected chi connectivity index (χ0v) is 17.3. The average Bonchev–Trinajstić information content (AvgIpc) is 3.29. The Balaban J connectivity index is 1.50. The molecule has 2 fully saturated rings. The number of hydrogen-bond donors (Lipinski definition) is 3. The van der Waals surface area contributed by atoms with E-state index in [1.807, 2.05) is 42.2 Å². The minimum absolute atomic E-state index is 0.0193. The molecular formula is C22H27N5O3. The Bertz CT molecular complexity index is 956. The molecule has 2 aliphatic rings. The molecule has 1 aliphatic carbocycles. The summed E-state index contributed by atoms with van der Waals surface area (Å²) in [6.45, 7) is 3.42. The number of likely N-dealkylation sites (tertiary alicyclic amines) is 1. The fraction of sp³-hybridized carbons (Fsp3) is 0.455. The first-order valence-electron chi connectivity index (χ1n) is 10.2. The third kappa shape index (κ3) is 4.21. The minimum atomic E-state index is -0.262. The topological polar surface area (TPSA) is 91.7 Å². The lowest BCUT2D eigenvalue weighted by Gasteiger charge is -2.30. The van der Waals surface area contributed by atoms with Gasteiger partial charge in [0, 0.05) is 24.6 Å². The van der Waals surface area contributed by atoms with Gasteiger partial charge in [-0.15, -0.1) is 0 Å².